The van der Waals surface area contributed by atoms with Crippen LogP contribution >= 0.6 is 34.8 Å². The molecule has 0 saturated carbocycles. The van der Waals surface area contributed by atoms with Crippen molar-refractivity contribution in [2.75, 3.05) is 43.3 Å². The van der Waals surface area contributed by atoms with E-state index in [1.54, 1.807) is 19.0 Å². The number of anilines is 3. The summed E-state index contributed by atoms with van der Waals surface area (Å²) in [4.78, 5) is 52.4. The number of nitrogens with one attached hydrogen (secondary N) is 3. The molecule has 3 aromatic rings. The number of methoxy groups -OCH3 is 1. The molecule has 0 aromatic heterocycles. The monoisotopic (exact) mass is 662 g/mol. The van der Waals surface area contributed by atoms with Crippen molar-refractivity contribution in [1.82, 2.24) is 5.32 Å². The molecular weight excluding hydrogens is 635 g/mol. The van der Waals surface area contributed by atoms with Crippen LogP contribution in [0.4, 0.5) is 17.1 Å². The maximum absolute atomic E-state index is 13.2. The highest BCUT2D eigenvalue weighted by Crippen LogP contribution is 2.46. The molecule has 0 spiro atoms. The minimum Gasteiger partial charge on any atom is -0.469 e. The minimum absolute atomic E-state index is 0.0101. The molecule has 0 unspecified atom stereocenters. The second kappa shape index (κ2) is 14.6. The number of halogens is 3. The predicted octanol–water partition coefficient (Wildman–Crippen LogP) is 5.66. The van der Waals surface area contributed by atoms with Gasteiger partial charge in [-0.3, -0.25) is 19.2 Å². The van der Waals surface area contributed by atoms with Gasteiger partial charge in [0.05, 0.1) is 46.4 Å². The maximum Gasteiger partial charge on any atom is 0.305 e. The quantitative estimate of drug-likeness (QED) is 0.177. The summed E-state index contributed by atoms with van der Waals surface area (Å²) < 4.78 is 16.3. The molecule has 14 heteroatoms. The topological polar surface area (TPSA) is 135 Å². The highest BCUT2D eigenvalue weighted by molar-refractivity contribution is 6.46. The number of hydrogen-bond donors (Lipinski definition) is 3. The molecule has 1 aliphatic rings. The molecule has 0 radical (unpaired) electrons. The van der Waals surface area contributed by atoms with Crippen LogP contribution in [-0.4, -0.2) is 57.5 Å². The molecule has 0 fully saturated rings. The van der Waals surface area contributed by atoms with Gasteiger partial charge in [0.1, 0.15) is 23.4 Å². The van der Waals surface area contributed by atoms with Gasteiger partial charge in [-0.05, 0) is 24.1 Å². The summed E-state index contributed by atoms with van der Waals surface area (Å²) in [5.41, 5.74) is 1.53. The number of benzene rings is 3. The number of esters is 1. The summed E-state index contributed by atoms with van der Waals surface area (Å²) in [6.45, 7) is -0.0939. The molecule has 232 valence electrons. The molecule has 44 heavy (non-hydrogen) atoms. The molecule has 11 nitrogen and oxygen atoms in total. The van der Waals surface area contributed by atoms with Crippen LogP contribution in [0.3, 0.4) is 0 Å². The summed E-state index contributed by atoms with van der Waals surface area (Å²) >= 11 is 19.4. The van der Waals surface area contributed by atoms with Crippen LogP contribution in [0.5, 0.6) is 11.5 Å². The van der Waals surface area contributed by atoms with E-state index >= 15 is 0 Å². The number of hydrogen-bond acceptors (Lipinski definition) is 8. The average Bonchev–Trinajstić information content (AvgIpc) is 3.09. The number of amides is 3. The van der Waals surface area contributed by atoms with Gasteiger partial charge >= 0.3 is 5.97 Å². The number of ether oxygens (including phenoxy) is 3. The summed E-state index contributed by atoms with van der Waals surface area (Å²) in [5.74, 6) is -2.12. The predicted molar refractivity (Wildman–Crippen MR) is 168 cm³/mol. The fraction of sp³-hybridized carbons (Fsp3) is 0.267. The van der Waals surface area contributed by atoms with Crippen molar-refractivity contribution < 1.29 is 33.4 Å². The van der Waals surface area contributed by atoms with Gasteiger partial charge in [0.25, 0.3) is 5.91 Å². The van der Waals surface area contributed by atoms with Gasteiger partial charge in [0, 0.05) is 26.6 Å². The number of carbonyl (C=O) groups is 4. The van der Waals surface area contributed by atoms with Gasteiger partial charge < -0.3 is 35.1 Å². The Bertz CT molecular complexity index is 1580. The van der Waals surface area contributed by atoms with Gasteiger partial charge in [0.2, 0.25) is 11.8 Å². The van der Waals surface area contributed by atoms with E-state index in [9.17, 15) is 19.2 Å². The Morgan fingerprint density at radius 1 is 1.00 bits per heavy atom. The SMILES string of the molecule is COC(=O)CC[C@H]1NC(=O)c2cc(Oc3cc(Cl)c(Cl)c(N(C)C)c3Cl)c(NC(=O)COCc3ccccc3)cc2NC1=O. The number of carbonyl (C=O) groups excluding carboxylic acids is 4. The van der Waals surface area contributed by atoms with Gasteiger partial charge in [0.15, 0.2) is 5.75 Å². The zero-order valence-electron chi connectivity index (χ0n) is 24.0. The van der Waals surface area contributed by atoms with E-state index < -0.39 is 29.7 Å². The average molecular weight is 664 g/mol. The van der Waals surface area contributed by atoms with E-state index in [2.05, 4.69) is 20.7 Å². The van der Waals surface area contributed by atoms with E-state index in [0.29, 0.717) is 5.69 Å². The normalized spacial score (nSPS) is 14.1. The molecule has 1 atom stereocenters. The van der Waals surface area contributed by atoms with Crippen molar-refractivity contribution in [2.24, 2.45) is 0 Å². The first-order valence-corrected chi connectivity index (χ1v) is 14.4. The standard InChI is InChI=1S/C30H29Cl3N4O7/c1-37(2)28-26(32)18(31)12-23(27(28)33)44-22-11-17-20(36-30(41)19(35-29(17)40)9-10-25(39)42-3)13-21(22)34-24(38)15-43-14-16-7-5-4-6-8-16/h4-8,11-13,19H,9-10,14-15H2,1-3H3,(H,34,38)(H,35,40)(H,36,41)/t19-/m1/s1. The number of fused-ring (bicyclic) bond motifs is 1. The summed E-state index contributed by atoms with van der Waals surface area (Å²) in [6, 6.07) is 12.5. The van der Waals surface area contributed by atoms with Crippen molar-refractivity contribution in [2.45, 2.75) is 25.5 Å². The summed E-state index contributed by atoms with van der Waals surface area (Å²) in [7, 11) is 4.68. The summed E-state index contributed by atoms with van der Waals surface area (Å²) in [6.07, 6.45) is -0.0793. The van der Waals surface area contributed by atoms with Crippen molar-refractivity contribution >= 4 is 75.6 Å². The molecule has 0 saturated heterocycles. The fourth-order valence-corrected chi connectivity index (χ4v) is 5.23. The maximum atomic E-state index is 13.2. The van der Waals surface area contributed by atoms with Crippen LogP contribution in [0, 0.1) is 0 Å². The molecule has 0 bridgehead atoms. The second-order valence-electron chi connectivity index (χ2n) is 9.88. The molecule has 3 N–H and O–H groups in total. The molecular formula is C30H29Cl3N4O7. The first-order valence-electron chi connectivity index (χ1n) is 13.3. The third-order valence-corrected chi connectivity index (χ3v) is 7.64. The lowest BCUT2D eigenvalue weighted by Crippen LogP contribution is -2.41. The largest absolute Gasteiger partial charge is 0.469 e. The lowest BCUT2D eigenvalue weighted by atomic mass is 10.1. The fourth-order valence-electron chi connectivity index (χ4n) is 4.32. The van der Waals surface area contributed by atoms with Gasteiger partial charge in [-0.15, -0.1) is 0 Å². The van der Waals surface area contributed by atoms with Crippen molar-refractivity contribution in [3.05, 3.63) is 74.7 Å². The van der Waals surface area contributed by atoms with E-state index in [-0.39, 0.29) is 69.6 Å². The van der Waals surface area contributed by atoms with Gasteiger partial charge in [-0.1, -0.05) is 65.1 Å². The van der Waals surface area contributed by atoms with Crippen LogP contribution in [0.2, 0.25) is 15.1 Å². The molecule has 3 amide bonds. The van der Waals surface area contributed by atoms with E-state index in [1.165, 1.54) is 25.3 Å². The zero-order valence-corrected chi connectivity index (χ0v) is 26.2. The summed E-state index contributed by atoms with van der Waals surface area (Å²) in [5, 5.41) is 8.51. The first-order chi connectivity index (χ1) is 21.0. The lowest BCUT2D eigenvalue weighted by molar-refractivity contribution is -0.140. The molecule has 1 aliphatic heterocycles. The Balaban J connectivity index is 1.67. The van der Waals surface area contributed by atoms with Crippen LogP contribution < -0.4 is 25.6 Å². The van der Waals surface area contributed by atoms with Crippen molar-refractivity contribution in [3.8, 4) is 11.5 Å². The van der Waals surface area contributed by atoms with Crippen LogP contribution in [0.1, 0.15) is 28.8 Å². The van der Waals surface area contributed by atoms with Gasteiger partial charge in [-0.2, -0.15) is 0 Å². The smallest absolute Gasteiger partial charge is 0.305 e. The highest BCUT2D eigenvalue weighted by Gasteiger charge is 2.30. The van der Waals surface area contributed by atoms with Crippen LogP contribution in [0.15, 0.2) is 48.5 Å². The highest BCUT2D eigenvalue weighted by atomic mass is 35.5. The Labute approximate surface area is 268 Å². The lowest BCUT2D eigenvalue weighted by Gasteiger charge is -2.21. The van der Waals surface area contributed by atoms with E-state index in [4.69, 9.17) is 44.3 Å². The third kappa shape index (κ3) is 7.92. The van der Waals surface area contributed by atoms with E-state index in [1.807, 2.05) is 30.3 Å². The van der Waals surface area contributed by atoms with Crippen molar-refractivity contribution in [1.29, 1.82) is 0 Å². The Morgan fingerprint density at radius 2 is 1.73 bits per heavy atom. The van der Waals surface area contributed by atoms with Gasteiger partial charge in [-0.25, -0.2) is 0 Å². The Kier molecular flexibility index (Phi) is 10.9. The zero-order chi connectivity index (χ0) is 32.0. The molecule has 1 heterocycles. The number of nitrogens with zero attached hydrogens (tertiary/aromatic N) is 1. The Hall–Kier alpha value is -4.03. The van der Waals surface area contributed by atoms with Crippen LogP contribution in [0.25, 0.3) is 0 Å². The molecule has 0 aliphatic carbocycles. The molecule has 3 aromatic carbocycles. The first kappa shape index (κ1) is 32.9. The Morgan fingerprint density at radius 3 is 2.41 bits per heavy atom. The molecule has 4 rings (SSSR count). The van der Waals surface area contributed by atoms with Crippen LogP contribution in [-0.2, 0) is 30.5 Å². The van der Waals surface area contributed by atoms with E-state index in [0.717, 1.165) is 5.56 Å². The third-order valence-electron chi connectivity index (χ3n) is 6.49. The number of rotatable bonds is 11. The second-order valence-corrected chi connectivity index (χ2v) is 11.0. The van der Waals surface area contributed by atoms with Crippen molar-refractivity contribution in [3.63, 3.8) is 0 Å². The minimum atomic E-state index is -1.02.